The van der Waals surface area contributed by atoms with Gasteiger partial charge in [0.25, 0.3) is 5.91 Å². The van der Waals surface area contributed by atoms with Crippen molar-refractivity contribution in [3.8, 4) is 5.75 Å². The number of nitrogens with one attached hydrogen (secondary N) is 1. The summed E-state index contributed by atoms with van der Waals surface area (Å²) in [5.74, 6) is 0.601. The van der Waals surface area contributed by atoms with Crippen LogP contribution in [0.1, 0.15) is 37.0 Å². The standard InChI is InChI=1S/C14H19NO3/c1-2-15-14(17)9-18-13-8-4-5-10-11(13)6-3-7-12(10)16/h4-5,8,12,16H,2-3,6-7,9H2,1H3,(H,15,17)/t12-/m0/s1. The van der Waals surface area contributed by atoms with E-state index >= 15 is 0 Å². The van der Waals surface area contributed by atoms with E-state index in [-0.39, 0.29) is 12.5 Å². The maximum atomic E-state index is 11.4. The average Bonchev–Trinajstić information content (AvgIpc) is 2.37. The van der Waals surface area contributed by atoms with Crippen molar-refractivity contribution >= 4 is 5.91 Å². The molecule has 0 bridgehead atoms. The molecule has 1 aromatic carbocycles. The summed E-state index contributed by atoms with van der Waals surface area (Å²) in [5.41, 5.74) is 1.98. The van der Waals surface area contributed by atoms with Gasteiger partial charge in [0.1, 0.15) is 5.75 Å². The molecule has 0 spiro atoms. The van der Waals surface area contributed by atoms with E-state index in [1.165, 1.54) is 0 Å². The number of amides is 1. The van der Waals surface area contributed by atoms with Gasteiger partial charge in [-0.3, -0.25) is 4.79 Å². The first-order valence-electron chi connectivity index (χ1n) is 6.41. The van der Waals surface area contributed by atoms with Gasteiger partial charge in [-0.15, -0.1) is 0 Å². The van der Waals surface area contributed by atoms with Crippen LogP contribution in [0.2, 0.25) is 0 Å². The van der Waals surface area contributed by atoms with Crippen molar-refractivity contribution in [2.24, 2.45) is 0 Å². The van der Waals surface area contributed by atoms with Crippen LogP contribution in [0.25, 0.3) is 0 Å². The van der Waals surface area contributed by atoms with Crippen LogP contribution in [0.5, 0.6) is 5.75 Å². The second kappa shape index (κ2) is 5.87. The zero-order chi connectivity index (χ0) is 13.0. The fourth-order valence-corrected chi connectivity index (χ4v) is 2.32. The molecule has 0 unspecified atom stereocenters. The smallest absolute Gasteiger partial charge is 0.257 e. The van der Waals surface area contributed by atoms with Gasteiger partial charge in [-0.1, -0.05) is 12.1 Å². The minimum absolute atomic E-state index is 0.0282. The Hall–Kier alpha value is -1.55. The lowest BCUT2D eigenvalue weighted by atomic mass is 9.89. The largest absolute Gasteiger partial charge is 0.483 e. The number of hydrogen-bond acceptors (Lipinski definition) is 3. The molecule has 18 heavy (non-hydrogen) atoms. The molecule has 0 fully saturated rings. The summed E-state index contributed by atoms with van der Waals surface area (Å²) in [6.45, 7) is 2.51. The van der Waals surface area contributed by atoms with Crippen molar-refractivity contribution in [1.29, 1.82) is 0 Å². The Morgan fingerprint density at radius 3 is 3.17 bits per heavy atom. The molecule has 4 heteroatoms. The fourth-order valence-electron chi connectivity index (χ4n) is 2.32. The minimum Gasteiger partial charge on any atom is -0.483 e. The Balaban J connectivity index is 2.09. The Bertz CT molecular complexity index is 431. The van der Waals surface area contributed by atoms with Gasteiger partial charge in [0.2, 0.25) is 0 Å². The monoisotopic (exact) mass is 249 g/mol. The first-order chi connectivity index (χ1) is 8.72. The van der Waals surface area contributed by atoms with Crippen LogP contribution in [0.4, 0.5) is 0 Å². The van der Waals surface area contributed by atoms with Crippen molar-refractivity contribution in [2.75, 3.05) is 13.2 Å². The molecule has 0 saturated heterocycles. The second-order valence-corrected chi connectivity index (χ2v) is 4.47. The molecule has 1 aliphatic carbocycles. The lowest BCUT2D eigenvalue weighted by molar-refractivity contribution is -0.122. The third kappa shape index (κ3) is 2.82. The highest BCUT2D eigenvalue weighted by Crippen LogP contribution is 2.35. The first kappa shape index (κ1) is 12.9. The van der Waals surface area contributed by atoms with Crippen molar-refractivity contribution < 1.29 is 14.6 Å². The molecular weight excluding hydrogens is 230 g/mol. The number of carbonyl (C=O) groups excluding carboxylic acids is 1. The highest BCUT2D eigenvalue weighted by atomic mass is 16.5. The van der Waals surface area contributed by atoms with E-state index in [4.69, 9.17) is 4.74 Å². The summed E-state index contributed by atoms with van der Waals surface area (Å²) >= 11 is 0. The van der Waals surface area contributed by atoms with E-state index in [2.05, 4.69) is 5.32 Å². The summed E-state index contributed by atoms with van der Waals surface area (Å²) in [6, 6.07) is 5.65. The maximum absolute atomic E-state index is 11.4. The molecule has 0 aliphatic heterocycles. The fraction of sp³-hybridized carbons (Fsp3) is 0.500. The van der Waals surface area contributed by atoms with E-state index in [9.17, 15) is 9.90 Å². The number of rotatable bonds is 4. The van der Waals surface area contributed by atoms with Crippen molar-refractivity contribution in [3.63, 3.8) is 0 Å². The van der Waals surface area contributed by atoms with Crippen molar-refractivity contribution in [2.45, 2.75) is 32.3 Å². The van der Waals surface area contributed by atoms with Crippen molar-refractivity contribution in [1.82, 2.24) is 5.32 Å². The van der Waals surface area contributed by atoms with Crippen LogP contribution in [-0.2, 0) is 11.2 Å². The van der Waals surface area contributed by atoms with Gasteiger partial charge in [-0.05, 0) is 43.4 Å². The van der Waals surface area contributed by atoms with Gasteiger partial charge >= 0.3 is 0 Å². The molecule has 4 nitrogen and oxygen atoms in total. The van der Waals surface area contributed by atoms with Crippen LogP contribution >= 0.6 is 0 Å². The zero-order valence-electron chi connectivity index (χ0n) is 10.6. The third-order valence-electron chi connectivity index (χ3n) is 3.17. The van der Waals surface area contributed by atoms with Crippen molar-refractivity contribution in [3.05, 3.63) is 29.3 Å². The molecule has 98 valence electrons. The highest BCUT2D eigenvalue weighted by molar-refractivity contribution is 5.77. The second-order valence-electron chi connectivity index (χ2n) is 4.47. The van der Waals surface area contributed by atoms with E-state index in [1.54, 1.807) is 0 Å². The summed E-state index contributed by atoms with van der Waals surface area (Å²) in [7, 11) is 0. The summed E-state index contributed by atoms with van der Waals surface area (Å²) < 4.78 is 5.54. The molecule has 0 heterocycles. The predicted octanol–water partition coefficient (Wildman–Crippen LogP) is 1.57. The summed E-state index contributed by atoms with van der Waals surface area (Å²) in [5, 5.41) is 12.6. The molecule has 2 rings (SSSR count). The molecule has 0 saturated carbocycles. The molecule has 1 aliphatic rings. The average molecular weight is 249 g/mol. The van der Waals surface area contributed by atoms with Gasteiger partial charge < -0.3 is 15.2 Å². The molecular formula is C14H19NO3. The lowest BCUT2D eigenvalue weighted by Gasteiger charge is -2.23. The molecule has 2 N–H and O–H groups in total. The Kier molecular flexibility index (Phi) is 4.20. The normalized spacial score (nSPS) is 18.0. The number of ether oxygens (including phenoxy) is 1. The van der Waals surface area contributed by atoms with Gasteiger partial charge in [0.15, 0.2) is 6.61 Å². The topological polar surface area (TPSA) is 58.6 Å². The van der Waals surface area contributed by atoms with E-state index in [0.29, 0.717) is 6.54 Å². The SMILES string of the molecule is CCNC(=O)COc1cccc2c1CCC[C@@H]2O. The minimum atomic E-state index is -0.401. The Labute approximate surface area is 107 Å². The number of carbonyl (C=O) groups is 1. The molecule has 0 aromatic heterocycles. The van der Waals surface area contributed by atoms with Crippen LogP contribution in [0, 0.1) is 0 Å². The maximum Gasteiger partial charge on any atom is 0.257 e. The Morgan fingerprint density at radius 2 is 2.39 bits per heavy atom. The van der Waals surface area contributed by atoms with E-state index in [0.717, 1.165) is 36.1 Å². The lowest BCUT2D eigenvalue weighted by Crippen LogP contribution is -2.28. The zero-order valence-corrected chi connectivity index (χ0v) is 10.6. The number of aliphatic hydroxyl groups is 1. The molecule has 0 radical (unpaired) electrons. The summed E-state index contributed by atoms with van der Waals surface area (Å²) in [6.07, 6.45) is 2.25. The molecule has 1 amide bonds. The van der Waals surface area contributed by atoms with Gasteiger partial charge in [0.05, 0.1) is 6.10 Å². The third-order valence-corrected chi connectivity index (χ3v) is 3.17. The number of aliphatic hydroxyl groups excluding tert-OH is 1. The van der Waals surface area contributed by atoms with Crippen LogP contribution in [0.15, 0.2) is 18.2 Å². The number of fused-ring (bicyclic) bond motifs is 1. The van der Waals surface area contributed by atoms with E-state index in [1.807, 2.05) is 25.1 Å². The Morgan fingerprint density at radius 1 is 1.56 bits per heavy atom. The van der Waals surface area contributed by atoms with E-state index < -0.39 is 6.10 Å². The van der Waals surface area contributed by atoms with Crippen LogP contribution in [0.3, 0.4) is 0 Å². The van der Waals surface area contributed by atoms with Crippen LogP contribution < -0.4 is 10.1 Å². The quantitative estimate of drug-likeness (QED) is 0.851. The van der Waals surface area contributed by atoms with Gasteiger partial charge in [-0.2, -0.15) is 0 Å². The molecule has 1 aromatic rings. The van der Waals surface area contributed by atoms with Crippen LogP contribution in [-0.4, -0.2) is 24.2 Å². The van der Waals surface area contributed by atoms with Gasteiger partial charge in [-0.25, -0.2) is 0 Å². The summed E-state index contributed by atoms with van der Waals surface area (Å²) in [4.78, 5) is 11.4. The number of hydrogen-bond donors (Lipinski definition) is 2. The predicted molar refractivity (Wildman–Crippen MR) is 68.5 cm³/mol. The first-order valence-corrected chi connectivity index (χ1v) is 6.41. The number of likely N-dealkylation sites (N-methyl/N-ethyl adjacent to an activating group) is 1. The number of benzene rings is 1. The highest BCUT2D eigenvalue weighted by Gasteiger charge is 2.21. The van der Waals surface area contributed by atoms with Gasteiger partial charge in [0, 0.05) is 6.54 Å². The molecule has 1 atom stereocenters.